The summed E-state index contributed by atoms with van der Waals surface area (Å²) in [4.78, 5) is 17.8. The lowest BCUT2D eigenvalue weighted by Crippen LogP contribution is -2.37. The number of rotatable bonds is 6. The fourth-order valence-electron chi connectivity index (χ4n) is 2.23. The normalized spacial score (nSPS) is 11.2. The van der Waals surface area contributed by atoms with E-state index >= 15 is 0 Å². The summed E-state index contributed by atoms with van der Waals surface area (Å²) in [6.45, 7) is 1.36. The molecule has 128 valence electrons. The van der Waals surface area contributed by atoms with Crippen molar-refractivity contribution in [1.82, 2.24) is 25.7 Å². The number of hydrogen-bond donors (Lipinski definition) is 3. The highest BCUT2D eigenvalue weighted by molar-refractivity contribution is 5.94. The Morgan fingerprint density at radius 3 is 2.79 bits per heavy atom. The predicted molar refractivity (Wildman–Crippen MR) is 95.0 cm³/mol. The van der Waals surface area contributed by atoms with Crippen molar-refractivity contribution in [3.8, 4) is 0 Å². The van der Waals surface area contributed by atoms with E-state index in [1.54, 1.807) is 32.2 Å². The number of nitrogens with one attached hydrogen (secondary N) is 3. The quantitative estimate of drug-likeness (QED) is 0.546. The maximum atomic E-state index is 12.0. The molecular weight excluding hydrogens is 304 g/mol. The molecule has 0 bridgehead atoms. The molecule has 1 aromatic heterocycles. The van der Waals surface area contributed by atoms with Crippen LogP contribution in [0.4, 0.5) is 0 Å². The lowest BCUT2D eigenvalue weighted by molar-refractivity contribution is 0.0827. The standard InChI is InChI=1S/C17H24N6O/c1-18-17(20-12-15-8-10-21-22-15)19-9-7-13-5-4-6-14(11-13)16(24)23(2)3/h4-6,8,10-11H,7,9,12H2,1-3H3,(H,21,22)(H2,18,19,20). The van der Waals surface area contributed by atoms with Gasteiger partial charge in [0.2, 0.25) is 0 Å². The average molecular weight is 328 g/mol. The first-order valence-electron chi connectivity index (χ1n) is 7.83. The van der Waals surface area contributed by atoms with Crippen molar-refractivity contribution in [1.29, 1.82) is 0 Å². The van der Waals surface area contributed by atoms with Gasteiger partial charge in [-0.2, -0.15) is 5.10 Å². The fourth-order valence-corrected chi connectivity index (χ4v) is 2.23. The molecule has 7 nitrogen and oxygen atoms in total. The molecule has 24 heavy (non-hydrogen) atoms. The molecule has 0 aliphatic rings. The van der Waals surface area contributed by atoms with Crippen LogP contribution in [0.2, 0.25) is 0 Å². The van der Waals surface area contributed by atoms with Gasteiger partial charge in [0.05, 0.1) is 12.2 Å². The van der Waals surface area contributed by atoms with Gasteiger partial charge >= 0.3 is 0 Å². The van der Waals surface area contributed by atoms with Crippen LogP contribution in [0.25, 0.3) is 0 Å². The molecule has 0 aliphatic heterocycles. The second kappa shape index (κ2) is 8.71. The number of aromatic amines is 1. The molecule has 0 radical (unpaired) electrons. The monoisotopic (exact) mass is 328 g/mol. The first kappa shape index (κ1) is 17.5. The third kappa shape index (κ3) is 5.12. The number of H-pyrrole nitrogens is 1. The zero-order valence-corrected chi connectivity index (χ0v) is 14.3. The Bertz CT molecular complexity index is 678. The smallest absolute Gasteiger partial charge is 0.253 e. The third-order valence-electron chi connectivity index (χ3n) is 3.51. The van der Waals surface area contributed by atoms with Gasteiger partial charge in [-0.1, -0.05) is 12.1 Å². The fraction of sp³-hybridized carbons (Fsp3) is 0.353. The van der Waals surface area contributed by atoms with E-state index in [0.717, 1.165) is 30.2 Å². The summed E-state index contributed by atoms with van der Waals surface area (Å²) >= 11 is 0. The molecule has 0 fully saturated rings. The molecule has 7 heteroatoms. The van der Waals surface area contributed by atoms with E-state index < -0.39 is 0 Å². The van der Waals surface area contributed by atoms with Crippen molar-refractivity contribution < 1.29 is 4.79 Å². The van der Waals surface area contributed by atoms with E-state index in [0.29, 0.717) is 12.1 Å². The number of aromatic nitrogens is 2. The minimum Gasteiger partial charge on any atom is -0.356 e. The average Bonchev–Trinajstić information content (AvgIpc) is 3.11. The number of amides is 1. The highest BCUT2D eigenvalue weighted by Gasteiger charge is 2.08. The first-order chi connectivity index (χ1) is 11.6. The van der Waals surface area contributed by atoms with Crippen molar-refractivity contribution in [3.63, 3.8) is 0 Å². The molecule has 0 unspecified atom stereocenters. The summed E-state index contributed by atoms with van der Waals surface area (Å²) in [6.07, 6.45) is 2.52. The molecular formula is C17H24N6O. The zero-order valence-electron chi connectivity index (χ0n) is 14.3. The van der Waals surface area contributed by atoms with Crippen molar-refractivity contribution in [2.45, 2.75) is 13.0 Å². The van der Waals surface area contributed by atoms with Gasteiger partial charge in [0.15, 0.2) is 5.96 Å². The number of benzene rings is 1. The van der Waals surface area contributed by atoms with Crippen LogP contribution >= 0.6 is 0 Å². The van der Waals surface area contributed by atoms with Gasteiger partial charge in [0.25, 0.3) is 5.91 Å². The van der Waals surface area contributed by atoms with E-state index in [2.05, 4.69) is 25.8 Å². The summed E-state index contributed by atoms with van der Waals surface area (Å²) in [7, 11) is 5.25. The Morgan fingerprint density at radius 2 is 2.12 bits per heavy atom. The summed E-state index contributed by atoms with van der Waals surface area (Å²) in [5.74, 6) is 0.743. The summed E-state index contributed by atoms with van der Waals surface area (Å²) < 4.78 is 0. The molecule has 3 N–H and O–H groups in total. The van der Waals surface area contributed by atoms with Gasteiger partial charge in [-0.25, -0.2) is 0 Å². The van der Waals surface area contributed by atoms with Gasteiger partial charge in [0.1, 0.15) is 0 Å². The van der Waals surface area contributed by atoms with E-state index in [9.17, 15) is 4.79 Å². The number of hydrogen-bond acceptors (Lipinski definition) is 3. The van der Waals surface area contributed by atoms with Crippen LogP contribution in [-0.2, 0) is 13.0 Å². The zero-order chi connectivity index (χ0) is 17.4. The van der Waals surface area contributed by atoms with Gasteiger partial charge < -0.3 is 15.5 Å². The van der Waals surface area contributed by atoms with E-state index in [1.807, 2.05) is 30.3 Å². The van der Waals surface area contributed by atoms with Crippen molar-refractivity contribution in [2.24, 2.45) is 4.99 Å². The molecule has 1 aromatic carbocycles. The van der Waals surface area contributed by atoms with Crippen LogP contribution in [0.3, 0.4) is 0 Å². The molecule has 2 rings (SSSR count). The summed E-state index contributed by atoms with van der Waals surface area (Å²) in [6, 6.07) is 9.62. The molecule has 1 amide bonds. The van der Waals surface area contributed by atoms with Gasteiger partial charge in [-0.3, -0.25) is 14.9 Å². The topological polar surface area (TPSA) is 85.4 Å². The third-order valence-corrected chi connectivity index (χ3v) is 3.51. The Labute approximate surface area is 142 Å². The Kier molecular flexibility index (Phi) is 6.36. The van der Waals surface area contributed by atoms with Crippen molar-refractivity contribution >= 4 is 11.9 Å². The minimum atomic E-state index is 0.0156. The lowest BCUT2D eigenvalue weighted by atomic mass is 10.1. The van der Waals surface area contributed by atoms with Crippen LogP contribution in [0.15, 0.2) is 41.5 Å². The number of guanidine groups is 1. The van der Waals surface area contributed by atoms with Crippen LogP contribution in [0.5, 0.6) is 0 Å². The van der Waals surface area contributed by atoms with Crippen molar-refractivity contribution in [2.75, 3.05) is 27.7 Å². The van der Waals surface area contributed by atoms with Crippen LogP contribution in [-0.4, -0.2) is 54.7 Å². The Hall–Kier alpha value is -2.83. The summed E-state index contributed by atoms with van der Waals surface area (Å²) in [5.41, 5.74) is 2.81. The number of carbonyl (C=O) groups is 1. The molecule has 0 saturated carbocycles. The van der Waals surface area contributed by atoms with Gasteiger partial charge in [-0.05, 0) is 30.2 Å². The number of aliphatic imine (C=N–C) groups is 1. The van der Waals surface area contributed by atoms with Crippen LogP contribution in [0, 0.1) is 0 Å². The Balaban J connectivity index is 1.82. The maximum Gasteiger partial charge on any atom is 0.253 e. The van der Waals surface area contributed by atoms with E-state index in [-0.39, 0.29) is 5.91 Å². The maximum absolute atomic E-state index is 12.0. The van der Waals surface area contributed by atoms with Gasteiger partial charge in [-0.15, -0.1) is 0 Å². The lowest BCUT2D eigenvalue weighted by Gasteiger charge is -2.13. The largest absolute Gasteiger partial charge is 0.356 e. The molecule has 0 atom stereocenters. The van der Waals surface area contributed by atoms with Crippen molar-refractivity contribution in [3.05, 3.63) is 53.3 Å². The second-order valence-electron chi connectivity index (χ2n) is 5.58. The molecule has 1 heterocycles. The van der Waals surface area contributed by atoms with Gasteiger partial charge in [0, 0.05) is 39.4 Å². The molecule has 0 saturated heterocycles. The number of nitrogens with zero attached hydrogens (tertiary/aromatic N) is 3. The predicted octanol–water partition coefficient (Wildman–Crippen LogP) is 1.02. The minimum absolute atomic E-state index is 0.0156. The Morgan fingerprint density at radius 1 is 1.29 bits per heavy atom. The van der Waals surface area contributed by atoms with E-state index in [4.69, 9.17) is 0 Å². The van der Waals surface area contributed by atoms with Crippen LogP contribution in [0.1, 0.15) is 21.6 Å². The van der Waals surface area contributed by atoms with E-state index in [1.165, 1.54) is 0 Å². The molecule has 0 spiro atoms. The summed E-state index contributed by atoms with van der Waals surface area (Å²) in [5, 5.41) is 13.3. The molecule has 0 aliphatic carbocycles. The molecule has 2 aromatic rings. The highest BCUT2D eigenvalue weighted by Crippen LogP contribution is 2.07. The number of carbonyl (C=O) groups excluding carboxylic acids is 1. The SMILES string of the molecule is CN=C(NCCc1cccc(C(=O)N(C)C)c1)NCc1ccn[nH]1. The first-order valence-corrected chi connectivity index (χ1v) is 7.83. The van der Waals surface area contributed by atoms with Crippen LogP contribution < -0.4 is 10.6 Å². The highest BCUT2D eigenvalue weighted by atomic mass is 16.2. The second-order valence-corrected chi connectivity index (χ2v) is 5.58.